The zero-order chi connectivity index (χ0) is 19.1. The molecule has 0 aliphatic heterocycles. The van der Waals surface area contributed by atoms with E-state index in [1.54, 1.807) is 24.3 Å². The second-order valence-electron chi connectivity index (χ2n) is 5.13. The molecule has 0 aliphatic rings. The summed E-state index contributed by atoms with van der Waals surface area (Å²) in [6, 6.07) is 6.88. The fraction of sp³-hybridized carbons (Fsp3) is 0.312. The number of aryl methyl sites for hydroxylation is 1. The smallest absolute Gasteiger partial charge is 0.413 e. The number of carbonyl (C=O) groups is 3. The van der Waals surface area contributed by atoms with Gasteiger partial charge in [0.1, 0.15) is 0 Å². The van der Waals surface area contributed by atoms with Crippen LogP contribution in [0.3, 0.4) is 0 Å². The van der Waals surface area contributed by atoms with E-state index < -0.39 is 24.1 Å². The van der Waals surface area contributed by atoms with Gasteiger partial charge in [-0.3, -0.25) is 14.9 Å². The molecule has 26 heavy (non-hydrogen) atoms. The number of benzene rings is 1. The summed E-state index contributed by atoms with van der Waals surface area (Å²) in [4.78, 5) is 38.5. The summed E-state index contributed by atoms with van der Waals surface area (Å²) >= 11 is 5.82. The molecule has 2 rings (SSSR count). The predicted molar refractivity (Wildman–Crippen MR) is 89.2 cm³/mol. The molecule has 9 nitrogen and oxygen atoms in total. The Balaban J connectivity index is 1.83. The number of esters is 1. The molecule has 1 aromatic heterocycles. The maximum atomic E-state index is 11.8. The summed E-state index contributed by atoms with van der Waals surface area (Å²) in [6.45, 7) is 1.33. The molecule has 2 amide bonds. The van der Waals surface area contributed by atoms with Crippen LogP contribution in [0.5, 0.6) is 0 Å². The largest absolute Gasteiger partial charge is 0.453 e. The highest BCUT2D eigenvalue weighted by Gasteiger charge is 2.20. The van der Waals surface area contributed by atoms with Crippen LogP contribution in [-0.2, 0) is 25.5 Å². The Bertz CT molecular complexity index is 790. The second-order valence-corrected chi connectivity index (χ2v) is 5.57. The first-order valence-electron chi connectivity index (χ1n) is 7.56. The van der Waals surface area contributed by atoms with E-state index in [1.165, 1.54) is 6.92 Å². The van der Waals surface area contributed by atoms with Crippen molar-refractivity contribution in [3.63, 3.8) is 0 Å². The van der Waals surface area contributed by atoms with Crippen molar-refractivity contribution >= 4 is 29.6 Å². The van der Waals surface area contributed by atoms with Crippen molar-refractivity contribution < 1.29 is 28.4 Å². The highest BCUT2D eigenvalue weighted by Crippen LogP contribution is 2.19. The first-order chi connectivity index (χ1) is 12.4. The molecule has 2 aromatic rings. The van der Waals surface area contributed by atoms with Gasteiger partial charge in [0.15, 0.2) is 6.10 Å². The van der Waals surface area contributed by atoms with E-state index >= 15 is 0 Å². The fourth-order valence-electron chi connectivity index (χ4n) is 1.84. The van der Waals surface area contributed by atoms with Crippen molar-refractivity contribution in [1.82, 2.24) is 15.5 Å². The number of nitrogens with zero attached hydrogens (tertiary/aromatic N) is 2. The second kappa shape index (κ2) is 8.95. The van der Waals surface area contributed by atoms with Crippen LogP contribution < -0.4 is 5.32 Å². The van der Waals surface area contributed by atoms with Crippen molar-refractivity contribution in [3.05, 3.63) is 35.2 Å². The number of alkyl carbamates (subject to hydrolysis) is 1. The normalized spacial score (nSPS) is 11.5. The molecule has 1 aromatic carbocycles. The van der Waals surface area contributed by atoms with Gasteiger partial charge < -0.3 is 14.0 Å². The summed E-state index contributed by atoms with van der Waals surface area (Å²) in [5, 5.41) is 6.32. The SMILES string of the molecule is COC(=O)NC(=O)[C@H](C)OC(=O)CCc1nc(-c2ccc(Cl)cc2)no1. The van der Waals surface area contributed by atoms with Crippen LogP contribution in [0.1, 0.15) is 19.2 Å². The maximum Gasteiger partial charge on any atom is 0.413 e. The minimum atomic E-state index is -1.14. The summed E-state index contributed by atoms with van der Waals surface area (Å²) in [6.07, 6.45) is -2.00. The molecule has 1 N–H and O–H groups in total. The van der Waals surface area contributed by atoms with Gasteiger partial charge in [-0.2, -0.15) is 4.98 Å². The average molecular weight is 382 g/mol. The first-order valence-corrected chi connectivity index (χ1v) is 7.93. The summed E-state index contributed by atoms with van der Waals surface area (Å²) in [7, 11) is 1.11. The highest BCUT2D eigenvalue weighted by molar-refractivity contribution is 6.30. The number of halogens is 1. The van der Waals surface area contributed by atoms with Crippen molar-refractivity contribution in [3.8, 4) is 11.4 Å². The molecule has 0 radical (unpaired) electrons. The lowest BCUT2D eigenvalue weighted by Gasteiger charge is -2.11. The standard InChI is InChI=1S/C16H16ClN3O6/c1-9(15(22)19-16(23)24-2)25-13(21)8-7-12-18-14(20-26-12)10-3-5-11(17)6-4-10/h3-6,9H,7-8H2,1-2H3,(H,19,22,23)/t9-/m0/s1. The van der Waals surface area contributed by atoms with E-state index in [2.05, 4.69) is 14.9 Å². The lowest BCUT2D eigenvalue weighted by molar-refractivity contribution is -0.154. The van der Waals surface area contributed by atoms with E-state index in [-0.39, 0.29) is 18.7 Å². The Kier molecular flexibility index (Phi) is 6.67. The quantitative estimate of drug-likeness (QED) is 0.755. The highest BCUT2D eigenvalue weighted by atomic mass is 35.5. The van der Waals surface area contributed by atoms with Crippen molar-refractivity contribution in [2.45, 2.75) is 25.9 Å². The van der Waals surface area contributed by atoms with Gasteiger partial charge in [0.25, 0.3) is 5.91 Å². The lowest BCUT2D eigenvalue weighted by atomic mass is 10.2. The van der Waals surface area contributed by atoms with Crippen molar-refractivity contribution in [2.24, 2.45) is 0 Å². The molecule has 1 atom stereocenters. The van der Waals surface area contributed by atoms with Crippen LogP contribution in [0.4, 0.5) is 4.79 Å². The lowest BCUT2D eigenvalue weighted by Crippen LogP contribution is -2.39. The Morgan fingerprint density at radius 2 is 1.96 bits per heavy atom. The minimum Gasteiger partial charge on any atom is -0.453 e. The van der Waals surface area contributed by atoms with Crippen LogP contribution in [0.2, 0.25) is 5.02 Å². The number of ether oxygens (including phenoxy) is 2. The van der Waals surface area contributed by atoms with Crippen LogP contribution in [0.25, 0.3) is 11.4 Å². The van der Waals surface area contributed by atoms with Crippen LogP contribution in [0.15, 0.2) is 28.8 Å². The predicted octanol–water partition coefficient (Wildman–Crippen LogP) is 2.14. The number of amides is 2. The Labute approximate surface area is 153 Å². The molecule has 138 valence electrons. The number of methoxy groups -OCH3 is 1. The Morgan fingerprint density at radius 3 is 2.62 bits per heavy atom. The number of hydrogen-bond donors (Lipinski definition) is 1. The number of carbonyl (C=O) groups excluding carboxylic acids is 3. The fourth-order valence-corrected chi connectivity index (χ4v) is 1.97. The van der Waals surface area contributed by atoms with Gasteiger partial charge in [-0.05, 0) is 31.2 Å². The van der Waals surface area contributed by atoms with E-state index in [0.717, 1.165) is 12.7 Å². The van der Waals surface area contributed by atoms with Gasteiger partial charge in [0.2, 0.25) is 11.7 Å². The Morgan fingerprint density at radius 1 is 1.27 bits per heavy atom. The third-order valence-corrected chi connectivity index (χ3v) is 3.45. The number of rotatable bonds is 6. The van der Waals surface area contributed by atoms with E-state index in [4.69, 9.17) is 20.9 Å². The van der Waals surface area contributed by atoms with Gasteiger partial charge >= 0.3 is 12.1 Å². The topological polar surface area (TPSA) is 121 Å². The summed E-state index contributed by atoms with van der Waals surface area (Å²) in [5.41, 5.74) is 0.722. The number of aromatic nitrogens is 2. The average Bonchev–Trinajstić information content (AvgIpc) is 3.09. The third kappa shape index (κ3) is 5.55. The van der Waals surface area contributed by atoms with E-state index in [0.29, 0.717) is 10.8 Å². The van der Waals surface area contributed by atoms with Gasteiger partial charge in [-0.15, -0.1) is 0 Å². The van der Waals surface area contributed by atoms with Gasteiger partial charge in [-0.1, -0.05) is 16.8 Å². The summed E-state index contributed by atoms with van der Waals surface area (Å²) < 4.78 is 14.3. The van der Waals surface area contributed by atoms with Gasteiger partial charge in [-0.25, -0.2) is 4.79 Å². The number of imide groups is 1. The van der Waals surface area contributed by atoms with E-state index in [1.807, 2.05) is 5.32 Å². The first kappa shape index (κ1) is 19.4. The molecule has 0 bridgehead atoms. The molecule has 0 spiro atoms. The third-order valence-electron chi connectivity index (χ3n) is 3.20. The van der Waals surface area contributed by atoms with Crippen LogP contribution >= 0.6 is 11.6 Å². The molecule has 0 unspecified atom stereocenters. The molecule has 0 aliphatic carbocycles. The summed E-state index contributed by atoms with van der Waals surface area (Å²) in [5.74, 6) is -0.814. The minimum absolute atomic E-state index is 0.0713. The van der Waals surface area contributed by atoms with E-state index in [9.17, 15) is 14.4 Å². The van der Waals surface area contributed by atoms with Crippen molar-refractivity contribution in [2.75, 3.05) is 7.11 Å². The van der Waals surface area contributed by atoms with Gasteiger partial charge in [0.05, 0.1) is 13.5 Å². The number of nitrogens with one attached hydrogen (secondary N) is 1. The maximum absolute atomic E-state index is 11.8. The van der Waals surface area contributed by atoms with Crippen molar-refractivity contribution in [1.29, 1.82) is 0 Å². The zero-order valence-corrected chi connectivity index (χ0v) is 14.8. The van der Waals surface area contributed by atoms with Gasteiger partial charge in [0, 0.05) is 17.0 Å². The molecular weight excluding hydrogens is 366 g/mol. The monoisotopic (exact) mass is 381 g/mol. The molecule has 0 saturated heterocycles. The Hall–Kier alpha value is -2.94. The molecule has 0 fully saturated rings. The zero-order valence-electron chi connectivity index (χ0n) is 14.0. The molecule has 1 heterocycles. The number of hydrogen-bond acceptors (Lipinski definition) is 8. The molecular formula is C16H16ClN3O6. The molecule has 0 saturated carbocycles. The van der Waals surface area contributed by atoms with Crippen LogP contribution in [0, 0.1) is 0 Å². The molecule has 10 heteroatoms. The van der Waals surface area contributed by atoms with Crippen LogP contribution in [-0.4, -0.2) is 41.3 Å².